The van der Waals surface area contributed by atoms with Gasteiger partial charge in [-0.2, -0.15) is 10.4 Å². The van der Waals surface area contributed by atoms with E-state index in [1.807, 2.05) is 32.3 Å². The van der Waals surface area contributed by atoms with Gasteiger partial charge in [0.15, 0.2) is 0 Å². The molecule has 0 aliphatic heterocycles. The second-order valence-electron chi connectivity index (χ2n) is 3.66. The normalized spacial score (nSPS) is 9.94. The number of anilines is 2. The third-order valence-electron chi connectivity index (χ3n) is 2.37. The van der Waals surface area contributed by atoms with E-state index in [0.29, 0.717) is 11.5 Å². The average Bonchev–Trinajstić information content (AvgIpc) is 2.69. The Morgan fingerprint density at radius 2 is 2.29 bits per heavy atom. The molecule has 0 saturated carbocycles. The molecule has 0 aromatic carbocycles. The fourth-order valence-electron chi connectivity index (χ4n) is 1.60. The van der Waals surface area contributed by atoms with Crippen molar-refractivity contribution in [3.8, 4) is 6.07 Å². The number of aromatic nitrogens is 3. The molecule has 86 valence electrons. The van der Waals surface area contributed by atoms with Crippen LogP contribution >= 0.6 is 0 Å². The molecule has 0 bridgehead atoms. The summed E-state index contributed by atoms with van der Waals surface area (Å²) in [4.78, 5) is 4.16. The van der Waals surface area contributed by atoms with Gasteiger partial charge in [-0.3, -0.25) is 4.68 Å². The van der Waals surface area contributed by atoms with Gasteiger partial charge in [0.05, 0.1) is 11.4 Å². The summed E-state index contributed by atoms with van der Waals surface area (Å²) < 4.78 is 1.76. The number of aryl methyl sites for hydroxylation is 2. The Bertz CT molecular complexity index is 565. The average molecular weight is 227 g/mol. The first-order valence-corrected chi connectivity index (χ1v) is 5.39. The molecule has 17 heavy (non-hydrogen) atoms. The Morgan fingerprint density at radius 1 is 1.47 bits per heavy atom. The molecule has 0 aliphatic rings. The maximum atomic E-state index is 8.78. The lowest BCUT2D eigenvalue weighted by atomic mass is 10.3. The van der Waals surface area contributed by atoms with Crippen LogP contribution < -0.4 is 5.32 Å². The van der Waals surface area contributed by atoms with E-state index in [2.05, 4.69) is 15.4 Å². The molecule has 0 amide bonds. The van der Waals surface area contributed by atoms with E-state index in [1.165, 1.54) is 0 Å². The third kappa shape index (κ3) is 2.42. The second kappa shape index (κ2) is 4.66. The van der Waals surface area contributed by atoms with Gasteiger partial charge in [-0.1, -0.05) is 13.0 Å². The lowest BCUT2D eigenvalue weighted by Crippen LogP contribution is -1.96. The van der Waals surface area contributed by atoms with Crippen LogP contribution in [0.5, 0.6) is 0 Å². The smallest absolute Gasteiger partial charge is 0.142 e. The van der Waals surface area contributed by atoms with Crippen molar-refractivity contribution >= 4 is 11.5 Å². The van der Waals surface area contributed by atoms with E-state index in [9.17, 15) is 0 Å². The summed E-state index contributed by atoms with van der Waals surface area (Å²) in [7, 11) is 1.88. The fraction of sp³-hybridized carbons (Fsp3) is 0.250. The van der Waals surface area contributed by atoms with Crippen LogP contribution in [-0.2, 0) is 13.5 Å². The van der Waals surface area contributed by atoms with Gasteiger partial charge in [-0.25, -0.2) is 4.98 Å². The Morgan fingerprint density at radius 3 is 3.00 bits per heavy atom. The number of rotatable bonds is 3. The van der Waals surface area contributed by atoms with E-state index >= 15 is 0 Å². The van der Waals surface area contributed by atoms with Crippen molar-refractivity contribution in [3.05, 3.63) is 35.8 Å². The number of hydrogen-bond acceptors (Lipinski definition) is 4. The van der Waals surface area contributed by atoms with Crippen LogP contribution in [0.25, 0.3) is 0 Å². The van der Waals surface area contributed by atoms with Gasteiger partial charge in [-0.15, -0.1) is 0 Å². The predicted octanol–water partition coefficient (Wildman–Crippen LogP) is 1.99. The molecule has 2 aromatic heterocycles. The van der Waals surface area contributed by atoms with Crippen molar-refractivity contribution in [1.29, 1.82) is 5.26 Å². The Labute approximate surface area is 99.7 Å². The van der Waals surface area contributed by atoms with Crippen molar-refractivity contribution in [1.82, 2.24) is 14.8 Å². The molecule has 0 spiro atoms. The highest BCUT2D eigenvalue weighted by molar-refractivity contribution is 5.58. The highest BCUT2D eigenvalue weighted by Crippen LogP contribution is 2.18. The highest BCUT2D eigenvalue weighted by atomic mass is 15.3. The van der Waals surface area contributed by atoms with Crippen LogP contribution in [0, 0.1) is 11.3 Å². The maximum absolute atomic E-state index is 8.78. The van der Waals surface area contributed by atoms with Gasteiger partial charge >= 0.3 is 0 Å². The van der Waals surface area contributed by atoms with Crippen molar-refractivity contribution < 1.29 is 0 Å². The van der Waals surface area contributed by atoms with E-state index < -0.39 is 0 Å². The lowest BCUT2D eigenvalue weighted by molar-refractivity contribution is 0.746. The number of nitrogens with one attached hydrogen (secondary N) is 1. The molecule has 0 saturated heterocycles. The molecule has 0 radical (unpaired) electrons. The van der Waals surface area contributed by atoms with Crippen molar-refractivity contribution in [2.45, 2.75) is 13.3 Å². The van der Waals surface area contributed by atoms with E-state index in [1.54, 1.807) is 16.8 Å². The van der Waals surface area contributed by atoms with E-state index in [-0.39, 0.29) is 0 Å². The molecule has 1 N–H and O–H groups in total. The molecule has 0 fully saturated rings. The van der Waals surface area contributed by atoms with Gasteiger partial charge in [-0.05, 0) is 18.6 Å². The van der Waals surface area contributed by atoms with Crippen LogP contribution in [0.2, 0.25) is 0 Å². The first-order valence-electron chi connectivity index (χ1n) is 5.39. The number of pyridine rings is 1. The third-order valence-corrected chi connectivity index (χ3v) is 2.37. The van der Waals surface area contributed by atoms with Gasteiger partial charge in [0.2, 0.25) is 0 Å². The molecule has 2 heterocycles. The minimum atomic E-state index is 0.400. The van der Waals surface area contributed by atoms with Gasteiger partial charge in [0, 0.05) is 13.2 Å². The molecule has 5 heteroatoms. The van der Waals surface area contributed by atoms with Gasteiger partial charge in [0.1, 0.15) is 17.6 Å². The lowest BCUT2D eigenvalue weighted by Gasteiger charge is -2.04. The van der Waals surface area contributed by atoms with Crippen molar-refractivity contribution in [2.75, 3.05) is 5.32 Å². The molecule has 5 nitrogen and oxygen atoms in total. The van der Waals surface area contributed by atoms with E-state index in [0.717, 1.165) is 17.8 Å². The SMILES string of the molecule is CCc1nn(C)cc1Nc1cccc(C#N)n1. The summed E-state index contributed by atoms with van der Waals surface area (Å²) in [5.74, 6) is 0.659. The van der Waals surface area contributed by atoms with Crippen molar-refractivity contribution in [3.63, 3.8) is 0 Å². The highest BCUT2D eigenvalue weighted by Gasteiger charge is 2.06. The summed E-state index contributed by atoms with van der Waals surface area (Å²) in [5.41, 5.74) is 2.31. The molecule has 0 unspecified atom stereocenters. The topological polar surface area (TPSA) is 66.5 Å². The molecule has 0 atom stereocenters. The van der Waals surface area contributed by atoms with Gasteiger partial charge in [0.25, 0.3) is 0 Å². The van der Waals surface area contributed by atoms with Crippen LogP contribution in [-0.4, -0.2) is 14.8 Å². The van der Waals surface area contributed by atoms with Crippen LogP contribution in [0.4, 0.5) is 11.5 Å². The minimum Gasteiger partial charge on any atom is -0.337 e. The molecule has 2 rings (SSSR count). The molecular formula is C12H13N5. The minimum absolute atomic E-state index is 0.400. The number of hydrogen-bond donors (Lipinski definition) is 1. The van der Waals surface area contributed by atoms with Crippen molar-refractivity contribution in [2.24, 2.45) is 7.05 Å². The van der Waals surface area contributed by atoms with Crippen LogP contribution in [0.1, 0.15) is 18.3 Å². The standard InChI is InChI=1S/C12H13N5/c1-3-10-11(8-17(2)16-10)15-12-6-4-5-9(7-13)14-12/h4-6,8H,3H2,1-2H3,(H,14,15). The molecule has 0 aliphatic carbocycles. The monoisotopic (exact) mass is 227 g/mol. The zero-order valence-corrected chi connectivity index (χ0v) is 9.81. The first kappa shape index (κ1) is 11.1. The first-order chi connectivity index (χ1) is 8.22. The van der Waals surface area contributed by atoms with Crippen LogP contribution in [0.3, 0.4) is 0 Å². The summed E-state index contributed by atoms with van der Waals surface area (Å²) in [6.45, 7) is 2.05. The Kier molecular flexibility index (Phi) is 3.06. The number of nitrogens with zero attached hydrogens (tertiary/aromatic N) is 4. The maximum Gasteiger partial charge on any atom is 0.142 e. The number of nitriles is 1. The van der Waals surface area contributed by atoms with E-state index in [4.69, 9.17) is 5.26 Å². The fourth-order valence-corrected chi connectivity index (χ4v) is 1.60. The Hall–Kier alpha value is -2.35. The molecule has 2 aromatic rings. The zero-order valence-electron chi connectivity index (χ0n) is 9.81. The predicted molar refractivity (Wildman–Crippen MR) is 64.8 cm³/mol. The summed E-state index contributed by atoms with van der Waals surface area (Å²) in [6.07, 6.45) is 2.75. The quantitative estimate of drug-likeness (QED) is 0.870. The largest absolute Gasteiger partial charge is 0.337 e. The summed E-state index contributed by atoms with van der Waals surface area (Å²) >= 11 is 0. The Balaban J connectivity index is 2.28. The van der Waals surface area contributed by atoms with Gasteiger partial charge < -0.3 is 5.32 Å². The molecular weight excluding hydrogens is 214 g/mol. The summed E-state index contributed by atoms with van der Waals surface area (Å²) in [5, 5.41) is 16.3. The zero-order chi connectivity index (χ0) is 12.3. The summed E-state index contributed by atoms with van der Waals surface area (Å²) in [6, 6.07) is 7.32. The second-order valence-corrected chi connectivity index (χ2v) is 3.66. The van der Waals surface area contributed by atoms with Crippen LogP contribution in [0.15, 0.2) is 24.4 Å².